The Morgan fingerprint density at radius 2 is 2.46 bits per heavy atom. The molecule has 0 bridgehead atoms. The molecule has 13 heavy (non-hydrogen) atoms. The van der Waals surface area contributed by atoms with E-state index in [0.29, 0.717) is 12.2 Å². The molecular weight excluding hydrogens is 190 g/mol. The Hall–Kier alpha value is -0.710. The Morgan fingerprint density at radius 3 is 3.00 bits per heavy atom. The van der Waals surface area contributed by atoms with Gasteiger partial charge >= 0.3 is 5.97 Å². The summed E-state index contributed by atoms with van der Waals surface area (Å²) in [7, 11) is 0. The largest absolute Gasteiger partial charge is 0.481 e. The predicted molar refractivity (Wildman–Crippen MR) is 50.7 cm³/mol. The van der Waals surface area contributed by atoms with Crippen LogP contribution in [0, 0.1) is 0 Å². The number of aliphatic carboxylic acids is 1. The van der Waals surface area contributed by atoms with Crippen molar-refractivity contribution in [2.75, 3.05) is 11.5 Å². The molecule has 5 heteroatoms. The van der Waals surface area contributed by atoms with E-state index in [1.54, 1.807) is 11.8 Å². The molecular formula is C8H13NO3S. The number of hydrogen-bond donors (Lipinski definition) is 2. The van der Waals surface area contributed by atoms with Gasteiger partial charge in [-0.2, -0.15) is 11.8 Å². The highest BCUT2D eigenvalue weighted by Crippen LogP contribution is 2.13. The monoisotopic (exact) mass is 203 g/mol. The van der Waals surface area contributed by atoms with Crippen molar-refractivity contribution in [3.8, 4) is 0 Å². The van der Waals surface area contributed by atoms with Crippen molar-refractivity contribution in [1.29, 1.82) is 0 Å². The van der Waals surface area contributed by atoms with Gasteiger partial charge in [0.05, 0.1) is 6.42 Å². The first-order valence-electron chi connectivity index (χ1n) is 4.27. The summed E-state index contributed by atoms with van der Waals surface area (Å²) in [6.07, 6.45) is 1.70. The summed E-state index contributed by atoms with van der Waals surface area (Å²) in [5, 5.41) is 11.2. The zero-order valence-electron chi connectivity index (χ0n) is 7.28. The quantitative estimate of drug-likeness (QED) is 0.637. The second-order valence-corrected chi connectivity index (χ2v) is 4.17. The van der Waals surface area contributed by atoms with Crippen molar-refractivity contribution in [3.05, 3.63) is 0 Å². The molecule has 0 saturated carbocycles. The zero-order chi connectivity index (χ0) is 9.68. The molecule has 1 heterocycles. The van der Waals surface area contributed by atoms with Crippen molar-refractivity contribution in [3.63, 3.8) is 0 Å². The fourth-order valence-corrected chi connectivity index (χ4v) is 2.21. The molecule has 74 valence electrons. The van der Waals surface area contributed by atoms with Gasteiger partial charge in [-0.05, 0) is 6.42 Å². The van der Waals surface area contributed by atoms with Crippen LogP contribution < -0.4 is 5.32 Å². The highest BCUT2D eigenvalue weighted by molar-refractivity contribution is 7.99. The highest BCUT2D eigenvalue weighted by Gasteiger charge is 2.19. The van der Waals surface area contributed by atoms with Gasteiger partial charge in [0.2, 0.25) is 5.91 Å². The molecule has 1 aliphatic rings. The highest BCUT2D eigenvalue weighted by atomic mass is 32.2. The van der Waals surface area contributed by atoms with Crippen LogP contribution >= 0.6 is 11.8 Å². The maximum atomic E-state index is 10.8. The van der Waals surface area contributed by atoms with Gasteiger partial charge in [0.15, 0.2) is 0 Å². The number of rotatable bonds is 5. The minimum absolute atomic E-state index is 0.115. The van der Waals surface area contributed by atoms with Crippen LogP contribution in [0.4, 0.5) is 0 Å². The third kappa shape index (κ3) is 4.17. The fraction of sp³-hybridized carbons (Fsp3) is 0.750. The van der Waals surface area contributed by atoms with E-state index in [1.165, 1.54) is 0 Å². The molecule has 0 aliphatic carbocycles. The second kappa shape index (κ2) is 5.11. The molecule has 1 atom stereocenters. The number of thioether (sulfide) groups is 1. The Labute approximate surface area is 81.1 Å². The van der Waals surface area contributed by atoms with Crippen LogP contribution in [0.15, 0.2) is 0 Å². The van der Waals surface area contributed by atoms with E-state index in [9.17, 15) is 9.59 Å². The van der Waals surface area contributed by atoms with E-state index >= 15 is 0 Å². The summed E-state index contributed by atoms with van der Waals surface area (Å²) in [4.78, 5) is 20.9. The van der Waals surface area contributed by atoms with Gasteiger partial charge in [0.1, 0.15) is 0 Å². The normalized spacial score (nSPS) is 21.5. The zero-order valence-corrected chi connectivity index (χ0v) is 8.10. The Balaban J connectivity index is 2.00. The smallest absolute Gasteiger partial charge is 0.304 e. The molecule has 1 fully saturated rings. The molecule has 0 aromatic heterocycles. The number of hydrogen-bond acceptors (Lipinski definition) is 3. The summed E-state index contributed by atoms with van der Waals surface area (Å²) >= 11 is 1.59. The topological polar surface area (TPSA) is 66.4 Å². The Bertz CT molecular complexity index is 208. The number of carbonyl (C=O) groups is 2. The minimum atomic E-state index is -0.761. The van der Waals surface area contributed by atoms with Crippen molar-refractivity contribution >= 4 is 23.6 Å². The number of carboxylic acid groups (broad SMARTS) is 1. The molecule has 1 amide bonds. The van der Waals surface area contributed by atoms with E-state index in [0.717, 1.165) is 12.2 Å². The van der Waals surface area contributed by atoms with Crippen molar-refractivity contribution in [2.24, 2.45) is 0 Å². The lowest BCUT2D eigenvalue weighted by Gasteiger charge is -2.07. The van der Waals surface area contributed by atoms with Crippen LogP contribution in [0.25, 0.3) is 0 Å². The van der Waals surface area contributed by atoms with Gasteiger partial charge in [-0.3, -0.25) is 9.59 Å². The third-order valence-electron chi connectivity index (χ3n) is 1.86. The van der Waals surface area contributed by atoms with Crippen LogP contribution in [-0.4, -0.2) is 34.5 Å². The number of carboxylic acids is 1. The summed E-state index contributed by atoms with van der Waals surface area (Å²) in [5.74, 6) is 0.813. The molecule has 1 rings (SSSR count). The van der Waals surface area contributed by atoms with E-state index in [1.807, 2.05) is 0 Å². The van der Waals surface area contributed by atoms with Crippen LogP contribution in [0.2, 0.25) is 0 Å². The van der Waals surface area contributed by atoms with Crippen molar-refractivity contribution in [1.82, 2.24) is 5.32 Å². The summed E-state index contributed by atoms with van der Waals surface area (Å²) in [5.41, 5.74) is 0. The summed E-state index contributed by atoms with van der Waals surface area (Å²) in [6.45, 7) is 0. The van der Waals surface area contributed by atoms with E-state index in [2.05, 4.69) is 5.32 Å². The average molecular weight is 203 g/mol. The maximum absolute atomic E-state index is 10.8. The Kier molecular flexibility index (Phi) is 4.08. The SMILES string of the molecule is O=C(O)CCSCC1CCC(=O)N1. The molecule has 0 aromatic carbocycles. The van der Waals surface area contributed by atoms with Gasteiger partial charge in [0.25, 0.3) is 0 Å². The molecule has 0 spiro atoms. The number of amides is 1. The maximum Gasteiger partial charge on any atom is 0.304 e. The summed E-state index contributed by atoms with van der Waals surface area (Å²) < 4.78 is 0. The Morgan fingerprint density at radius 1 is 1.69 bits per heavy atom. The fourth-order valence-electron chi connectivity index (χ4n) is 1.19. The lowest BCUT2D eigenvalue weighted by atomic mass is 10.2. The van der Waals surface area contributed by atoms with E-state index < -0.39 is 5.97 Å². The third-order valence-corrected chi connectivity index (χ3v) is 3.00. The molecule has 0 aromatic rings. The molecule has 4 nitrogen and oxygen atoms in total. The number of carbonyl (C=O) groups excluding carboxylic acids is 1. The molecule has 1 saturated heterocycles. The van der Waals surface area contributed by atoms with Crippen LogP contribution in [0.1, 0.15) is 19.3 Å². The molecule has 0 radical (unpaired) electrons. The van der Waals surface area contributed by atoms with Gasteiger partial charge in [-0.25, -0.2) is 0 Å². The number of nitrogens with one attached hydrogen (secondary N) is 1. The first-order chi connectivity index (χ1) is 6.18. The van der Waals surface area contributed by atoms with Gasteiger partial charge < -0.3 is 10.4 Å². The second-order valence-electron chi connectivity index (χ2n) is 3.02. The molecule has 1 unspecified atom stereocenters. The van der Waals surface area contributed by atoms with Gasteiger partial charge in [-0.1, -0.05) is 0 Å². The van der Waals surface area contributed by atoms with Crippen LogP contribution in [0.5, 0.6) is 0 Å². The molecule has 2 N–H and O–H groups in total. The lowest BCUT2D eigenvalue weighted by Crippen LogP contribution is -2.27. The van der Waals surface area contributed by atoms with E-state index in [4.69, 9.17) is 5.11 Å². The first-order valence-corrected chi connectivity index (χ1v) is 5.43. The minimum Gasteiger partial charge on any atom is -0.481 e. The van der Waals surface area contributed by atoms with Crippen LogP contribution in [-0.2, 0) is 9.59 Å². The standard InChI is InChI=1S/C8H13NO3S/c10-7-2-1-6(9-7)5-13-4-3-8(11)12/h6H,1-5H2,(H,9,10)(H,11,12). The van der Waals surface area contributed by atoms with Crippen molar-refractivity contribution in [2.45, 2.75) is 25.3 Å². The van der Waals surface area contributed by atoms with Crippen LogP contribution in [0.3, 0.4) is 0 Å². The lowest BCUT2D eigenvalue weighted by molar-refractivity contribution is -0.136. The van der Waals surface area contributed by atoms with Gasteiger partial charge in [-0.15, -0.1) is 0 Å². The average Bonchev–Trinajstić information content (AvgIpc) is 2.45. The predicted octanol–water partition coefficient (Wildman–Crippen LogP) is 0.473. The summed E-state index contributed by atoms with van der Waals surface area (Å²) in [6, 6.07) is 0.256. The van der Waals surface area contributed by atoms with Gasteiger partial charge in [0, 0.05) is 24.0 Å². The van der Waals surface area contributed by atoms with Crippen molar-refractivity contribution < 1.29 is 14.7 Å². The first kappa shape index (κ1) is 10.4. The van der Waals surface area contributed by atoms with E-state index in [-0.39, 0.29) is 18.4 Å². The molecule has 1 aliphatic heterocycles.